The van der Waals surface area contributed by atoms with Crippen molar-refractivity contribution in [1.82, 2.24) is 57.7 Å². The van der Waals surface area contributed by atoms with Crippen molar-refractivity contribution in [2.75, 3.05) is 51.3 Å². The van der Waals surface area contributed by atoms with Gasteiger partial charge in [-0.05, 0) is 82.3 Å². The fourth-order valence-corrected chi connectivity index (χ4v) is 13.4. The minimum Gasteiger partial charge on any atom is -0.481 e. The second kappa shape index (κ2) is 51.6. The Balaban J connectivity index is 1.91. The van der Waals surface area contributed by atoms with Gasteiger partial charge < -0.3 is 104 Å². The number of hydrogen-bond acceptors (Lipinski definition) is 26. The monoisotopic (exact) mass is 1730 g/mol. The number of ketones is 4. The summed E-state index contributed by atoms with van der Waals surface area (Å²) in [6.45, 7) is 6.53. The largest absolute Gasteiger partial charge is 0.481 e. The first-order chi connectivity index (χ1) is 56.5. The summed E-state index contributed by atoms with van der Waals surface area (Å²) in [5, 5.41) is 58.7. The lowest BCUT2D eigenvalue weighted by atomic mass is 9.84. The van der Waals surface area contributed by atoms with Crippen LogP contribution in [0.4, 0.5) is 5.69 Å². The third kappa shape index (κ3) is 34.1. The van der Waals surface area contributed by atoms with E-state index < -0.39 is 256 Å². The van der Waals surface area contributed by atoms with Gasteiger partial charge in [0.1, 0.15) is 55.6 Å². The molecule has 1 aromatic heterocycles. The summed E-state index contributed by atoms with van der Waals surface area (Å²) in [5.74, 6) is -27.1. The highest BCUT2D eigenvalue weighted by Gasteiger charge is 2.41. The van der Waals surface area contributed by atoms with Crippen molar-refractivity contribution < 1.29 is 121 Å². The number of Topliss-reactive ketones (excluding diaryl/α,β-unsaturated/α-hetero) is 4. The molecule has 1 aliphatic heterocycles. The molecule has 18 N–H and O–H groups in total. The molecule has 2 aromatic carbocycles. The van der Waals surface area contributed by atoms with Crippen LogP contribution in [-0.2, 0) is 114 Å². The van der Waals surface area contributed by atoms with Gasteiger partial charge in [-0.3, -0.25) is 86.3 Å². The van der Waals surface area contributed by atoms with Crippen molar-refractivity contribution in [3.8, 4) is 0 Å². The minimum absolute atomic E-state index is 0.00782. The van der Waals surface area contributed by atoms with Gasteiger partial charge in [0.2, 0.25) is 59.1 Å². The van der Waals surface area contributed by atoms with Crippen LogP contribution in [0, 0.1) is 23.7 Å². The van der Waals surface area contributed by atoms with Crippen LogP contribution in [0.1, 0.15) is 160 Å². The van der Waals surface area contributed by atoms with Crippen molar-refractivity contribution in [2.45, 2.75) is 205 Å². The second-order valence-electron chi connectivity index (χ2n) is 29.0. The Labute approximate surface area is 695 Å². The number of amides is 10. The van der Waals surface area contributed by atoms with Gasteiger partial charge in [0.05, 0.1) is 56.5 Å². The van der Waals surface area contributed by atoms with Crippen molar-refractivity contribution in [2.24, 2.45) is 42.2 Å². The van der Waals surface area contributed by atoms with Gasteiger partial charge in [-0.2, -0.15) is 0 Å². The van der Waals surface area contributed by atoms with Crippen LogP contribution >= 0.6 is 15.9 Å². The Hall–Kier alpha value is -11.5. The van der Waals surface area contributed by atoms with Crippen LogP contribution < -0.4 is 70.0 Å². The minimum atomic E-state index is -2.35. The fraction of sp³-hybridized carbons (Fsp3) is 0.557. The first-order valence-electron chi connectivity index (χ1n) is 39.1. The molecule has 39 nitrogen and oxygen atoms in total. The number of anilines is 1. The number of fused-ring (bicyclic) bond motifs is 1. The molecule has 1 saturated heterocycles. The maximum absolute atomic E-state index is 15.1. The topological polar surface area (TPSA) is 602 Å². The fourth-order valence-electron chi connectivity index (χ4n) is 13.1. The van der Waals surface area contributed by atoms with Gasteiger partial charge in [-0.1, -0.05) is 93.1 Å². The lowest BCUT2D eigenvalue weighted by molar-refractivity contribution is -0.156. The third-order valence-electron chi connectivity index (χ3n) is 19.6. The van der Waals surface area contributed by atoms with Crippen LogP contribution in [0.15, 0.2) is 65.4 Å². The molecule has 0 radical (unpaired) electrons. The van der Waals surface area contributed by atoms with Gasteiger partial charge in [0, 0.05) is 103 Å². The highest BCUT2D eigenvalue weighted by molar-refractivity contribution is 9.10. The number of aliphatic hydroxyl groups is 1. The number of aliphatic hydroxyl groups excluding tert-OH is 1. The number of hydrogen-bond donors (Lipinski definition) is 16. The summed E-state index contributed by atoms with van der Waals surface area (Å²) in [4.78, 5) is 262. The molecule has 1 fully saturated rings. The molecular formula is C79H111BrN14O25. The van der Waals surface area contributed by atoms with E-state index in [9.17, 15) is 102 Å². The zero-order valence-corrected chi connectivity index (χ0v) is 69.1. The standard InChI is InChI=1S/C79H111BrN14O25/c1-8-10-11-12-13-14-15-22-67(103)88-57(27-48-37-94(7)61-21-17-16-19-51(48)61)77(114)90-56(34-66(82)102)64(100)28-47(30-71(108)109)74(111)93-72-46(6)119-79(116)58(33-62(98)53-31-50(80)23-24-54(53)83-9-2)91-76(113)52(43(3)26-70(106)107)32-65(101)59(38-95)89-68(104)35-84-44(4)60(40-118-42-97)92-73(110)45(5)86-75(112)49(39-117-41-96)29-63(99)55(20-18-25-81)87-69(105)36-85-78(72)115/h16-17,19,21,23-24,31,37,41-43,45-47,49,52,55-60,72,83-84,95H,4,8-15,18,20,22,25-30,32-36,38-40,81H2,1-3,5-7H3,(H2,82,102)(H,85,115)(H,86,112)(H,87,105)(H,88,103)(H,89,104)(H,90,114)(H,91,113)(H,92,110)(H,93,111)(H,106,107)(H,108,109)/t43-,45-,46-,47+,49+,52+,55+,56-,57+,58+,59-,60+,72+/m1/s1. The number of carbonyl (C=O) groups is 19. The van der Waals surface area contributed by atoms with E-state index in [-0.39, 0.29) is 68.7 Å². The highest BCUT2D eigenvalue weighted by atomic mass is 79.9. The lowest BCUT2D eigenvalue weighted by Crippen LogP contribution is -2.57. The average Bonchev–Trinajstić information content (AvgIpc) is 1.66. The van der Waals surface area contributed by atoms with Crippen LogP contribution in [0.3, 0.4) is 0 Å². The number of nitrogens with zero attached hydrogens (tertiary/aromatic N) is 1. The van der Waals surface area contributed by atoms with Crippen LogP contribution in [0.2, 0.25) is 0 Å². The Morgan fingerprint density at radius 2 is 1.34 bits per heavy atom. The van der Waals surface area contributed by atoms with Crippen LogP contribution in [-0.4, -0.2) is 233 Å². The molecule has 119 heavy (non-hydrogen) atoms. The second-order valence-corrected chi connectivity index (χ2v) is 29.9. The molecule has 0 spiro atoms. The number of halogens is 1. The molecule has 1 aliphatic rings. The molecule has 2 heterocycles. The Bertz CT molecular complexity index is 4120. The number of ether oxygens (including phenoxy) is 3. The maximum atomic E-state index is 15.1. The number of carboxylic acids is 2. The highest BCUT2D eigenvalue weighted by Crippen LogP contribution is 2.27. The zero-order valence-electron chi connectivity index (χ0n) is 67.5. The maximum Gasteiger partial charge on any atom is 0.329 e. The lowest BCUT2D eigenvalue weighted by Gasteiger charge is -2.29. The summed E-state index contributed by atoms with van der Waals surface area (Å²) in [7, 11) is 1.76. The number of rotatable bonds is 40. The summed E-state index contributed by atoms with van der Waals surface area (Å²) < 4.78 is 17.7. The number of cyclic esters (lactones) is 1. The molecule has 0 bridgehead atoms. The number of aryl methyl sites for hydroxylation is 1. The molecule has 0 saturated carbocycles. The number of nitrogens with two attached hydrogens (primary N) is 2. The van der Waals surface area contributed by atoms with Crippen molar-refractivity contribution in [1.29, 1.82) is 0 Å². The van der Waals surface area contributed by atoms with Crippen molar-refractivity contribution >= 4 is 146 Å². The first-order valence-corrected chi connectivity index (χ1v) is 39.9. The van der Waals surface area contributed by atoms with Crippen LogP contribution in [0.5, 0.6) is 0 Å². The van der Waals surface area contributed by atoms with Gasteiger partial charge in [0.15, 0.2) is 23.1 Å². The predicted octanol–water partition coefficient (Wildman–Crippen LogP) is -0.344. The van der Waals surface area contributed by atoms with Gasteiger partial charge >= 0.3 is 17.9 Å². The quantitative estimate of drug-likeness (QED) is 0.0114. The first kappa shape index (κ1) is 99.8. The van der Waals surface area contributed by atoms with E-state index >= 15 is 4.79 Å². The Morgan fingerprint density at radius 3 is 1.97 bits per heavy atom. The Kier molecular flexibility index (Phi) is 43.3. The summed E-state index contributed by atoms with van der Waals surface area (Å²) in [6, 6.07) is -2.67. The SMILES string of the molecule is C=C1NCC(=O)N[C@H](CO)C(=O)C[C@@H]([C@H](C)CC(=O)O)C(=O)N[C@@H](CC(=O)c2cc(Br)ccc2NCC)C(=O)O[C@H](C)[C@H](NC(=O)[C@H](CC(=O)O)CC(=O)[C@@H](CC(N)=O)NC(=O)[C@H](Cc2cn(C)c3ccccc23)NC(=O)CCCCCCCCC)C(=O)NCC(=O)N[C@@H](CCCN)C(=O)C[C@@H](COC=O)C(=O)N[C@H](C)C(=O)N[C@H]1COC=O. The summed E-state index contributed by atoms with van der Waals surface area (Å²) >= 11 is 3.31. The van der Waals surface area contributed by atoms with Gasteiger partial charge in [-0.15, -0.1) is 0 Å². The molecule has 4 rings (SSSR count). The number of nitrogens with one attached hydrogen (secondary N) is 11. The zero-order chi connectivity index (χ0) is 88.6. The third-order valence-corrected chi connectivity index (χ3v) is 20.1. The van der Waals surface area contributed by atoms with E-state index in [1.54, 1.807) is 49.0 Å². The number of carboxylic acid groups (broad SMARTS) is 2. The van der Waals surface area contributed by atoms with E-state index in [2.05, 4.69) is 87.9 Å². The number of aliphatic carboxylic acids is 2. The van der Waals surface area contributed by atoms with Crippen LogP contribution in [0.25, 0.3) is 10.9 Å². The van der Waals surface area contributed by atoms with Crippen molar-refractivity contribution in [3.63, 3.8) is 0 Å². The molecule has 654 valence electrons. The van der Waals surface area contributed by atoms with Gasteiger partial charge in [0.25, 0.3) is 12.9 Å². The van der Waals surface area contributed by atoms with E-state index in [0.717, 1.165) is 44.5 Å². The van der Waals surface area contributed by atoms with E-state index in [1.807, 2.05) is 6.07 Å². The van der Waals surface area contributed by atoms with E-state index in [4.69, 9.17) is 25.7 Å². The number of para-hydroxylation sites is 1. The normalized spacial score (nSPS) is 21.0. The number of benzene rings is 2. The number of primary amides is 1. The van der Waals surface area contributed by atoms with Crippen molar-refractivity contribution in [3.05, 3.63) is 76.5 Å². The Morgan fingerprint density at radius 1 is 0.706 bits per heavy atom. The van der Waals surface area contributed by atoms with E-state index in [1.165, 1.54) is 26.0 Å². The number of unbranched alkanes of at least 4 members (excludes halogenated alkanes) is 6. The molecule has 0 unspecified atom stereocenters. The molecule has 0 aliphatic carbocycles. The predicted molar refractivity (Wildman–Crippen MR) is 430 cm³/mol. The summed E-state index contributed by atoms with van der Waals surface area (Å²) in [6.07, 6.45) is -1.72. The summed E-state index contributed by atoms with van der Waals surface area (Å²) in [5.41, 5.74) is 12.7. The molecule has 40 heteroatoms. The molecule has 3 aromatic rings. The number of carbonyl (C=O) groups excluding carboxylic acids is 17. The van der Waals surface area contributed by atoms with E-state index in [0.29, 0.717) is 28.3 Å². The smallest absolute Gasteiger partial charge is 0.329 e. The molecule has 13 atom stereocenters. The average molecular weight is 1740 g/mol. The number of aromatic nitrogens is 1. The molecular weight excluding hydrogens is 1620 g/mol. The molecule has 10 amide bonds. The van der Waals surface area contributed by atoms with Gasteiger partial charge in [-0.25, -0.2) is 4.79 Å². The number of esters is 1.